The van der Waals surface area contributed by atoms with E-state index in [9.17, 15) is 0 Å². The average molecular weight is 148 g/mol. The Morgan fingerprint density at radius 1 is 0.500 bits per heavy atom. The van der Waals surface area contributed by atoms with E-state index in [0.29, 0.717) is 0 Å². The van der Waals surface area contributed by atoms with Gasteiger partial charge in [-0.3, -0.25) is 0 Å². The van der Waals surface area contributed by atoms with E-state index in [2.05, 4.69) is 0 Å². The van der Waals surface area contributed by atoms with Gasteiger partial charge in [-0.05, 0) is 0 Å². The Kier molecular flexibility index (Phi) is 2510. The molecule has 0 aromatic rings. The fourth-order valence-electron chi connectivity index (χ4n) is 0. The molecule has 0 aliphatic heterocycles. The van der Waals surface area contributed by atoms with Crippen LogP contribution in [0.2, 0.25) is 0 Å². The Bertz CT molecular complexity index is 3.25. The molecule has 0 spiro atoms. The summed E-state index contributed by atoms with van der Waals surface area (Å²) in [6.45, 7) is 0. The monoisotopic (exact) mass is 149 g/mol. The van der Waals surface area contributed by atoms with Gasteiger partial charge in [0.1, 0.15) is 0 Å². The van der Waals surface area contributed by atoms with Gasteiger partial charge in [0.25, 0.3) is 0 Å². The molecule has 0 aromatic carbocycles. The summed E-state index contributed by atoms with van der Waals surface area (Å²) in [5.74, 6) is 0. The Hall–Kier alpha value is 0.623. The fraction of sp³-hybridized carbons (Fsp3) is 0. The van der Waals surface area contributed by atoms with Gasteiger partial charge in [0.05, 0.1) is 0 Å². The quantitative estimate of drug-likeness (QED) is 0.352. The summed E-state index contributed by atoms with van der Waals surface area (Å²) < 4.78 is 0. The Labute approximate surface area is 42.4 Å². The van der Waals surface area contributed by atoms with Crippen molar-refractivity contribution in [3.8, 4) is 0 Å². The molecule has 0 fully saturated rings. The molecular weight excluding hydrogens is 137 g/mol. The SMILES string of the molecule is [CH3-].[CH3-].[CH3-].[RuH2]. The molecule has 0 heterocycles. The average Bonchev–Trinajstić information content (AvgIpc) is 0. The Morgan fingerprint density at radius 3 is 0.500 bits per heavy atom. The summed E-state index contributed by atoms with van der Waals surface area (Å²) in [5.41, 5.74) is 0. The predicted molar refractivity (Wildman–Crippen MR) is 22.0 cm³/mol. The van der Waals surface area contributed by atoms with Gasteiger partial charge >= 0.3 is 19.5 Å². The van der Waals surface area contributed by atoms with Crippen molar-refractivity contribution in [1.29, 1.82) is 0 Å². The molecule has 0 N–H and O–H groups in total. The van der Waals surface area contributed by atoms with E-state index in [4.69, 9.17) is 0 Å². The maximum absolute atomic E-state index is 0. The van der Waals surface area contributed by atoms with Gasteiger partial charge < -0.3 is 22.3 Å². The van der Waals surface area contributed by atoms with Crippen LogP contribution >= 0.6 is 0 Å². The van der Waals surface area contributed by atoms with Crippen LogP contribution in [0.25, 0.3) is 0 Å². The molecule has 0 unspecified atom stereocenters. The third-order valence-electron chi connectivity index (χ3n) is 0. The van der Waals surface area contributed by atoms with Crippen LogP contribution in [0.15, 0.2) is 0 Å². The van der Waals surface area contributed by atoms with E-state index in [1.165, 1.54) is 0 Å². The zero-order valence-electron chi connectivity index (χ0n) is 3.41. The van der Waals surface area contributed by atoms with E-state index in [-0.39, 0.29) is 41.8 Å². The molecule has 0 aromatic heterocycles. The van der Waals surface area contributed by atoms with Gasteiger partial charge in [0.2, 0.25) is 0 Å². The fourth-order valence-corrected chi connectivity index (χ4v) is 0. The van der Waals surface area contributed by atoms with E-state index >= 15 is 0 Å². The van der Waals surface area contributed by atoms with Crippen LogP contribution in [0.5, 0.6) is 0 Å². The summed E-state index contributed by atoms with van der Waals surface area (Å²) in [6, 6.07) is 0. The molecule has 0 rings (SSSR count). The van der Waals surface area contributed by atoms with Gasteiger partial charge in [0, 0.05) is 0 Å². The molecule has 0 radical (unpaired) electrons. The molecular formula is C3H11Ru-3. The van der Waals surface area contributed by atoms with Crippen molar-refractivity contribution in [2.45, 2.75) is 0 Å². The van der Waals surface area contributed by atoms with Crippen LogP contribution in [0, 0.1) is 22.3 Å². The second kappa shape index (κ2) is 64.2. The van der Waals surface area contributed by atoms with E-state index in [1.807, 2.05) is 0 Å². The van der Waals surface area contributed by atoms with Crippen LogP contribution in [-0.2, 0) is 19.5 Å². The van der Waals surface area contributed by atoms with E-state index in [0.717, 1.165) is 0 Å². The molecule has 0 atom stereocenters. The number of rotatable bonds is 0. The Balaban J connectivity index is 0. The summed E-state index contributed by atoms with van der Waals surface area (Å²) in [5, 5.41) is 0. The minimum atomic E-state index is 0. The van der Waals surface area contributed by atoms with Crippen molar-refractivity contribution >= 4 is 0 Å². The van der Waals surface area contributed by atoms with Crippen molar-refractivity contribution in [2.75, 3.05) is 0 Å². The molecule has 0 aliphatic rings. The normalized spacial score (nSPS) is 0. The number of hydrogen-bond donors (Lipinski definition) is 0. The first-order valence-corrected chi connectivity index (χ1v) is 0. The first-order valence-electron chi connectivity index (χ1n) is 0. The van der Waals surface area contributed by atoms with Crippen molar-refractivity contribution in [1.82, 2.24) is 0 Å². The van der Waals surface area contributed by atoms with Gasteiger partial charge in [-0.25, -0.2) is 0 Å². The summed E-state index contributed by atoms with van der Waals surface area (Å²) >= 11 is 0. The van der Waals surface area contributed by atoms with Crippen molar-refractivity contribution < 1.29 is 19.5 Å². The van der Waals surface area contributed by atoms with Gasteiger partial charge in [-0.15, -0.1) is 0 Å². The molecule has 0 bridgehead atoms. The van der Waals surface area contributed by atoms with Crippen molar-refractivity contribution in [3.05, 3.63) is 22.3 Å². The van der Waals surface area contributed by atoms with Gasteiger partial charge in [0.15, 0.2) is 0 Å². The second-order valence-corrected chi connectivity index (χ2v) is 0. The minimum absolute atomic E-state index is 0. The first-order chi connectivity index (χ1) is 0. The van der Waals surface area contributed by atoms with Crippen molar-refractivity contribution in [2.24, 2.45) is 0 Å². The van der Waals surface area contributed by atoms with E-state index < -0.39 is 0 Å². The molecule has 0 saturated heterocycles. The topological polar surface area (TPSA) is 0 Å². The molecule has 0 nitrogen and oxygen atoms in total. The molecule has 0 amide bonds. The van der Waals surface area contributed by atoms with Crippen LogP contribution in [0.4, 0.5) is 0 Å². The van der Waals surface area contributed by atoms with Crippen LogP contribution in [0.3, 0.4) is 0 Å². The summed E-state index contributed by atoms with van der Waals surface area (Å²) in [7, 11) is 0. The standard InChI is InChI=1S/3CH3.Ru.2H/h3*1H3;;;/q3*-1;;;. The molecule has 0 aliphatic carbocycles. The van der Waals surface area contributed by atoms with Crippen LogP contribution < -0.4 is 0 Å². The molecule has 1 heteroatoms. The third-order valence-corrected chi connectivity index (χ3v) is 0. The Morgan fingerprint density at radius 2 is 0.500 bits per heavy atom. The van der Waals surface area contributed by atoms with Crippen LogP contribution in [0.1, 0.15) is 0 Å². The third kappa shape index (κ3) is 17.8. The van der Waals surface area contributed by atoms with Gasteiger partial charge in [-0.2, -0.15) is 0 Å². The zero-order valence-corrected chi connectivity index (χ0v) is 5.42. The van der Waals surface area contributed by atoms with Crippen molar-refractivity contribution in [3.63, 3.8) is 0 Å². The first kappa shape index (κ1) is 156. The van der Waals surface area contributed by atoms with E-state index in [1.54, 1.807) is 0 Å². The second-order valence-electron chi connectivity index (χ2n) is 0. The molecule has 4 heavy (non-hydrogen) atoms. The maximum atomic E-state index is 0. The number of hydrogen-bond acceptors (Lipinski definition) is 0. The zero-order chi connectivity index (χ0) is 0. The predicted octanol–water partition coefficient (Wildman–Crippen LogP) is 0.813. The van der Waals surface area contributed by atoms with Gasteiger partial charge in [-0.1, -0.05) is 0 Å². The summed E-state index contributed by atoms with van der Waals surface area (Å²) in [4.78, 5) is 0. The summed E-state index contributed by atoms with van der Waals surface area (Å²) in [6.07, 6.45) is 0. The molecule has 0 saturated carbocycles. The molecule has 34 valence electrons. The van der Waals surface area contributed by atoms with Crippen LogP contribution in [-0.4, -0.2) is 0 Å².